The lowest BCUT2D eigenvalue weighted by Gasteiger charge is -2.27. The minimum absolute atomic E-state index is 0.223. The van der Waals surface area contributed by atoms with Crippen molar-refractivity contribution in [1.29, 1.82) is 0 Å². The van der Waals surface area contributed by atoms with Gasteiger partial charge in [0.2, 0.25) is 0 Å². The highest BCUT2D eigenvalue weighted by molar-refractivity contribution is 6.30. The average Bonchev–Trinajstić information content (AvgIpc) is 3.44. The molecule has 1 aromatic carbocycles. The number of hydroxylamine groups is 2. The van der Waals surface area contributed by atoms with Gasteiger partial charge in [0.25, 0.3) is 0 Å². The summed E-state index contributed by atoms with van der Waals surface area (Å²) in [5, 5.41) is 15.6. The quantitative estimate of drug-likeness (QED) is 0.288. The average molecular weight is 537 g/mol. The molecule has 198 valence electrons. The van der Waals surface area contributed by atoms with Gasteiger partial charge in [-0.3, -0.25) is 9.55 Å². The zero-order chi connectivity index (χ0) is 26.4. The highest BCUT2D eigenvalue weighted by atomic mass is 35.5. The Bertz CT molecular complexity index is 1480. The maximum absolute atomic E-state index is 12.4. The predicted octanol–water partition coefficient (Wildman–Crippen LogP) is 6.08. The van der Waals surface area contributed by atoms with Gasteiger partial charge in [0.05, 0.1) is 18.8 Å². The summed E-state index contributed by atoms with van der Waals surface area (Å²) in [6.07, 6.45) is 4.79. The molecule has 1 fully saturated rings. The number of pyridine rings is 1. The fraction of sp³-hybridized carbons (Fsp3) is 0.444. The van der Waals surface area contributed by atoms with Gasteiger partial charge in [-0.15, -0.1) is 15.3 Å². The number of hydrogen-bond donors (Lipinski definition) is 0. The molecule has 0 atom stereocenters. The van der Waals surface area contributed by atoms with E-state index in [9.17, 15) is 4.79 Å². The van der Waals surface area contributed by atoms with Crippen molar-refractivity contribution in [2.24, 2.45) is 0 Å². The summed E-state index contributed by atoms with van der Waals surface area (Å²) in [7, 11) is 0. The first-order valence-corrected chi connectivity index (χ1v) is 13.2. The Balaban J connectivity index is 1.26. The number of benzene rings is 1. The van der Waals surface area contributed by atoms with E-state index in [1.807, 2.05) is 30.3 Å². The summed E-state index contributed by atoms with van der Waals surface area (Å²) in [5.74, 6) is 2.11. The van der Waals surface area contributed by atoms with Crippen LogP contribution < -0.4 is 0 Å². The van der Waals surface area contributed by atoms with Crippen molar-refractivity contribution in [2.45, 2.75) is 77.0 Å². The molecule has 10 nitrogen and oxygen atoms in total. The molecule has 1 saturated carbocycles. The van der Waals surface area contributed by atoms with Crippen molar-refractivity contribution in [1.82, 2.24) is 30.0 Å². The largest absolute Gasteiger partial charge is 0.528 e. The maximum atomic E-state index is 12.4. The normalized spacial score (nSPS) is 20.0. The summed E-state index contributed by atoms with van der Waals surface area (Å²) in [4.78, 5) is 22.5. The van der Waals surface area contributed by atoms with Crippen LogP contribution in [0.15, 0.2) is 41.1 Å². The molecule has 1 aliphatic heterocycles. The van der Waals surface area contributed by atoms with E-state index in [1.165, 1.54) is 0 Å². The Hall–Kier alpha value is -3.50. The second-order valence-corrected chi connectivity index (χ2v) is 11.3. The van der Waals surface area contributed by atoms with Crippen molar-refractivity contribution in [2.75, 3.05) is 0 Å². The summed E-state index contributed by atoms with van der Waals surface area (Å²) < 4.78 is 13.0. The van der Waals surface area contributed by atoms with Crippen molar-refractivity contribution >= 4 is 28.9 Å². The van der Waals surface area contributed by atoms with Crippen molar-refractivity contribution in [3.63, 3.8) is 0 Å². The fourth-order valence-electron chi connectivity index (χ4n) is 5.39. The maximum Gasteiger partial charge on any atom is 0.528 e. The Morgan fingerprint density at radius 2 is 1.87 bits per heavy atom. The van der Waals surface area contributed by atoms with Crippen LogP contribution in [0.4, 0.5) is 4.79 Å². The molecule has 0 spiro atoms. The number of carbonyl (C=O) groups excluding carboxylic acids is 1. The molecule has 0 amide bonds. The molecular weight excluding hydrogens is 508 g/mol. The van der Waals surface area contributed by atoms with Crippen LogP contribution in [0.2, 0.25) is 5.02 Å². The Labute approximate surface area is 224 Å². The summed E-state index contributed by atoms with van der Waals surface area (Å²) in [6.45, 7) is 6.00. The molecule has 1 aliphatic carbocycles. The first-order chi connectivity index (χ1) is 18.2. The van der Waals surface area contributed by atoms with Crippen LogP contribution in [0.5, 0.6) is 0 Å². The lowest BCUT2D eigenvalue weighted by atomic mass is 9.80. The molecule has 38 heavy (non-hydrogen) atoms. The van der Waals surface area contributed by atoms with Gasteiger partial charge in [-0.25, -0.2) is 4.79 Å². The number of nitrogens with zero attached hydrogens (tertiary/aromatic N) is 6. The lowest BCUT2D eigenvalue weighted by Crippen LogP contribution is -2.31. The summed E-state index contributed by atoms with van der Waals surface area (Å²) in [6, 6.07) is 9.48. The molecule has 0 unspecified atom stereocenters. The first-order valence-electron chi connectivity index (χ1n) is 12.8. The van der Waals surface area contributed by atoms with E-state index in [1.54, 1.807) is 32.0 Å². The molecule has 4 heterocycles. The highest BCUT2D eigenvalue weighted by Gasteiger charge is 2.33. The van der Waals surface area contributed by atoms with Gasteiger partial charge in [-0.2, -0.15) is 0 Å². The van der Waals surface area contributed by atoms with Gasteiger partial charge < -0.3 is 14.1 Å². The van der Waals surface area contributed by atoms with Gasteiger partial charge in [0.15, 0.2) is 11.4 Å². The first kappa shape index (κ1) is 24.8. The van der Waals surface area contributed by atoms with E-state index >= 15 is 0 Å². The van der Waals surface area contributed by atoms with E-state index in [2.05, 4.69) is 24.9 Å². The van der Waals surface area contributed by atoms with E-state index < -0.39 is 11.8 Å². The van der Waals surface area contributed by atoms with E-state index in [0.29, 0.717) is 17.4 Å². The number of hydrogen-bond acceptors (Lipinski definition) is 9. The SMILES string of the molecule is CC(C)(C)OC(=O)ON1Cc2cc(Cl)ccc2-n2c(nnc2[C@H]2CC[C@H](c3noc4cccnc43)CC2)C1. The predicted molar refractivity (Wildman–Crippen MR) is 139 cm³/mol. The van der Waals surface area contributed by atoms with Gasteiger partial charge >= 0.3 is 6.16 Å². The molecular formula is C27H29ClN6O4. The molecule has 2 aliphatic rings. The van der Waals surface area contributed by atoms with Crippen LogP contribution in [0.1, 0.15) is 81.2 Å². The van der Waals surface area contributed by atoms with Crippen molar-refractivity contribution in [3.05, 3.63) is 64.5 Å². The lowest BCUT2D eigenvalue weighted by molar-refractivity contribution is -0.155. The molecule has 0 N–H and O–H groups in total. The number of rotatable bonds is 3. The van der Waals surface area contributed by atoms with E-state index in [0.717, 1.165) is 59.6 Å². The minimum Gasteiger partial charge on any atom is -0.427 e. The number of carbonyl (C=O) groups is 1. The van der Waals surface area contributed by atoms with Crippen LogP contribution in [0.25, 0.3) is 16.8 Å². The number of halogens is 1. The zero-order valence-corrected chi connectivity index (χ0v) is 22.3. The number of aromatic nitrogens is 5. The molecule has 0 saturated heterocycles. The van der Waals surface area contributed by atoms with Crippen LogP contribution in [0, 0.1) is 0 Å². The Kier molecular flexibility index (Phi) is 6.31. The summed E-state index contributed by atoms with van der Waals surface area (Å²) in [5.41, 5.74) is 3.70. The van der Waals surface area contributed by atoms with Gasteiger partial charge in [0, 0.05) is 23.1 Å². The summed E-state index contributed by atoms with van der Waals surface area (Å²) >= 11 is 6.36. The van der Waals surface area contributed by atoms with Gasteiger partial charge in [0.1, 0.15) is 22.6 Å². The monoisotopic (exact) mass is 536 g/mol. The third-order valence-corrected chi connectivity index (χ3v) is 7.26. The van der Waals surface area contributed by atoms with Crippen molar-refractivity contribution < 1.29 is 18.9 Å². The van der Waals surface area contributed by atoms with Crippen molar-refractivity contribution in [3.8, 4) is 5.69 Å². The Morgan fingerprint density at radius 3 is 2.66 bits per heavy atom. The molecule has 3 aromatic heterocycles. The topological polar surface area (TPSA) is 108 Å². The smallest absolute Gasteiger partial charge is 0.427 e. The van der Waals surface area contributed by atoms with Crippen LogP contribution in [0.3, 0.4) is 0 Å². The standard InChI is InChI=1S/C27H29ClN6O4/c1-27(2,3)36-26(35)38-33-14-18-13-19(28)10-11-20(18)34-22(15-33)30-31-25(34)17-8-6-16(7-9-17)23-24-21(37-32-23)5-4-12-29-24/h4-5,10-13,16-17H,6-9,14-15H2,1-3H3/t16-,17-. The Morgan fingerprint density at radius 1 is 1.08 bits per heavy atom. The number of fused-ring (bicyclic) bond motifs is 4. The molecule has 6 rings (SSSR count). The molecule has 0 bridgehead atoms. The van der Waals surface area contributed by atoms with E-state index in [4.69, 9.17) is 25.7 Å². The van der Waals surface area contributed by atoms with Crippen LogP contribution in [-0.4, -0.2) is 41.7 Å². The number of ether oxygens (including phenoxy) is 1. The van der Waals surface area contributed by atoms with Crippen LogP contribution >= 0.6 is 11.6 Å². The fourth-order valence-corrected chi connectivity index (χ4v) is 5.59. The second kappa shape index (κ2) is 9.67. The highest BCUT2D eigenvalue weighted by Crippen LogP contribution is 2.42. The van der Waals surface area contributed by atoms with Crippen LogP contribution in [-0.2, 0) is 22.7 Å². The third kappa shape index (κ3) is 4.86. The second-order valence-electron chi connectivity index (χ2n) is 10.9. The molecule has 0 radical (unpaired) electrons. The van der Waals surface area contributed by atoms with E-state index in [-0.39, 0.29) is 18.4 Å². The van der Waals surface area contributed by atoms with Gasteiger partial charge in [-0.1, -0.05) is 16.8 Å². The zero-order valence-electron chi connectivity index (χ0n) is 21.6. The van der Waals surface area contributed by atoms with Gasteiger partial charge in [-0.05, 0) is 82.3 Å². The molecule has 11 heteroatoms. The minimum atomic E-state index is -0.762. The third-order valence-electron chi connectivity index (χ3n) is 7.03. The molecule has 4 aromatic rings.